The highest BCUT2D eigenvalue weighted by Crippen LogP contribution is 2.31. The first-order valence-corrected chi connectivity index (χ1v) is 7.09. The molecule has 1 aromatic carbocycles. The van der Waals surface area contributed by atoms with Crippen LogP contribution in [0.4, 0.5) is 4.79 Å². The van der Waals surface area contributed by atoms with Crippen LogP contribution < -0.4 is 5.32 Å². The first kappa shape index (κ1) is 12.5. The van der Waals surface area contributed by atoms with E-state index in [-0.39, 0.29) is 6.03 Å². The van der Waals surface area contributed by atoms with Gasteiger partial charge in [0, 0.05) is 17.6 Å². The molecule has 0 spiro atoms. The average Bonchev–Trinajstić information content (AvgIpc) is 2.67. The van der Waals surface area contributed by atoms with Crippen LogP contribution in [0.5, 0.6) is 0 Å². The van der Waals surface area contributed by atoms with E-state index in [9.17, 15) is 4.79 Å². The highest BCUT2D eigenvalue weighted by atomic mass is 35.5. The van der Waals surface area contributed by atoms with E-state index >= 15 is 0 Å². The highest BCUT2D eigenvalue weighted by Gasteiger charge is 2.36. The lowest BCUT2D eigenvalue weighted by Crippen LogP contribution is -2.47. The van der Waals surface area contributed by atoms with Crippen LogP contribution in [0.2, 0.25) is 5.02 Å². The normalized spacial score (nSPS) is 24.6. The van der Waals surface area contributed by atoms with Gasteiger partial charge in [0.2, 0.25) is 0 Å². The quantitative estimate of drug-likeness (QED) is 0.826. The maximum absolute atomic E-state index is 12.3. The van der Waals surface area contributed by atoms with Gasteiger partial charge in [-0.25, -0.2) is 4.79 Å². The molecule has 0 unspecified atom stereocenters. The maximum atomic E-state index is 12.3. The Labute approximate surface area is 118 Å². The van der Waals surface area contributed by atoms with Crippen molar-refractivity contribution >= 4 is 17.6 Å². The van der Waals surface area contributed by atoms with Gasteiger partial charge < -0.3 is 10.2 Å². The number of amides is 2. The maximum Gasteiger partial charge on any atom is 0.318 e. The zero-order chi connectivity index (χ0) is 13.2. The fourth-order valence-electron chi connectivity index (χ4n) is 2.91. The molecule has 2 aliphatic rings. The van der Waals surface area contributed by atoms with Gasteiger partial charge in [0.25, 0.3) is 0 Å². The molecule has 1 N–H and O–H groups in total. The van der Waals surface area contributed by atoms with Gasteiger partial charge in [-0.1, -0.05) is 35.9 Å². The van der Waals surface area contributed by atoms with Gasteiger partial charge in [0.15, 0.2) is 0 Å². The Bertz CT molecular complexity index is 497. The molecule has 4 heteroatoms. The van der Waals surface area contributed by atoms with Crippen LogP contribution in [0.1, 0.15) is 24.8 Å². The SMILES string of the molecule is O=C(NCc1ccc(Cl)cc1)N1[C@H]2CC=C[C@H]1CC2. The van der Waals surface area contributed by atoms with Gasteiger partial charge in [-0.05, 0) is 37.0 Å². The first-order valence-electron chi connectivity index (χ1n) is 6.71. The van der Waals surface area contributed by atoms with E-state index in [0.717, 1.165) is 24.8 Å². The zero-order valence-electron chi connectivity index (χ0n) is 10.7. The molecule has 2 amide bonds. The molecule has 1 saturated heterocycles. The van der Waals surface area contributed by atoms with Crippen LogP contribution >= 0.6 is 11.6 Å². The minimum Gasteiger partial charge on any atom is -0.334 e. The number of carbonyl (C=O) groups is 1. The number of rotatable bonds is 2. The number of benzene rings is 1. The Morgan fingerprint density at radius 1 is 1.32 bits per heavy atom. The summed E-state index contributed by atoms with van der Waals surface area (Å²) in [6, 6.07) is 8.30. The minimum absolute atomic E-state index is 0.0480. The van der Waals surface area contributed by atoms with Crippen LogP contribution in [0.15, 0.2) is 36.4 Å². The Balaban J connectivity index is 1.60. The lowest BCUT2D eigenvalue weighted by atomic mass is 10.1. The van der Waals surface area contributed by atoms with E-state index < -0.39 is 0 Å². The minimum atomic E-state index is 0.0480. The fraction of sp³-hybridized carbons (Fsp3) is 0.400. The van der Waals surface area contributed by atoms with Crippen molar-refractivity contribution in [1.82, 2.24) is 10.2 Å². The Hall–Kier alpha value is -1.48. The molecule has 2 aliphatic heterocycles. The summed E-state index contributed by atoms with van der Waals surface area (Å²) in [6.45, 7) is 0.551. The summed E-state index contributed by atoms with van der Waals surface area (Å²) in [7, 11) is 0. The second-order valence-corrected chi connectivity index (χ2v) is 5.59. The van der Waals surface area contributed by atoms with Crippen molar-refractivity contribution in [2.45, 2.75) is 37.9 Å². The van der Waals surface area contributed by atoms with Crippen molar-refractivity contribution in [3.63, 3.8) is 0 Å². The third-order valence-corrected chi connectivity index (χ3v) is 4.16. The summed E-state index contributed by atoms with van der Waals surface area (Å²) in [4.78, 5) is 14.3. The lowest BCUT2D eigenvalue weighted by Gasteiger charge is -2.31. The molecule has 2 bridgehead atoms. The van der Waals surface area contributed by atoms with Gasteiger partial charge in [0.05, 0.1) is 6.04 Å². The van der Waals surface area contributed by atoms with Gasteiger partial charge in [-0.15, -0.1) is 0 Å². The van der Waals surface area contributed by atoms with Crippen molar-refractivity contribution in [1.29, 1.82) is 0 Å². The number of carbonyl (C=O) groups excluding carboxylic acids is 1. The molecule has 0 aliphatic carbocycles. The van der Waals surface area contributed by atoms with Crippen molar-refractivity contribution in [3.8, 4) is 0 Å². The van der Waals surface area contributed by atoms with Crippen molar-refractivity contribution in [3.05, 3.63) is 47.0 Å². The molecule has 2 atom stereocenters. The third-order valence-electron chi connectivity index (χ3n) is 3.90. The van der Waals surface area contributed by atoms with Crippen LogP contribution in [-0.2, 0) is 6.54 Å². The van der Waals surface area contributed by atoms with Crippen LogP contribution in [0.25, 0.3) is 0 Å². The smallest absolute Gasteiger partial charge is 0.318 e. The molecule has 0 saturated carbocycles. The molecule has 3 nitrogen and oxygen atoms in total. The monoisotopic (exact) mass is 276 g/mol. The second-order valence-electron chi connectivity index (χ2n) is 5.15. The summed E-state index contributed by atoms with van der Waals surface area (Å²) in [5.74, 6) is 0. The van der Waals surface area contributed by atoms with E-state index in [2.05, 4.69) is 17.5 Å². The number of nitrogens with one attached hydrogen (secondary N) is 1. The molecule has 19 heavy (non-hydrogen) atoms. The van der Waals surface area contributed by atoms with E-state index in [0.29, 0.717) is 23.7 Å². The van der Waals surface area contributed by atoms with Gasteiger partial charge in [0.1, 0.15) is 0 Å². The number of urea groups is 1. The van der Waals surface area contributed by atoms with Crippen LogP contribution in [0.3, 0.4) is 0 Å². The summed E-state index contributed by atoms with van der Waals surface area (Å²) in [5.41, 5.74) is 1.07. The molecule has 1 fully saturated rings. The fourth-order valence-corrected chi connectivity index (χ4v) is 3.04. The second kappa shape index (κ2) is 5.25. The van der Waals surface area contributed by atoms with E-state index in [1.165, 1.54) is 0 Å². The number of nitrogens with zero attached hydrogens (tertiary/aromatic N) is 1. The van der Waals surface area contributed by atoms with Gasteiger partial charge >= 0.3 is 6.03 Å². The molecule has 3 rings (SSSR count). The zero-order valence-corrected chi connectivity index (χ0v) is 11.4. The highest BCUT2D eigenvalue weighted by molar-refractivity contribution is 6.30. The topological polar surface area (TPSA) is 32.3 Å². The molecule has 100 valence electrons. The van der Waals surface area contributed by atoms with Crippen molar-refractivity contribution in [2.24, 2.45) is 0 Å². The summed E-state index contributed by atoms with van der Waals surface area (Å²) >= 11 is 5.84. The summed E-state index contributed by atoms with van der Waals surface area (Å²) < 4.78 is 0. The number of halogens is 1. The summed E-state index contributed by atoms with van der Waals surface area (Å²) in [6.07, 6.45) is 7.56. The Morgan fingerprint density at radius 2 is 2.11 bits per heavy atom. The van der Waals surface area contributed by atoms with E-state index in [1.54, 1.807) is 0 Å². The van der Waals surface area contributed by atoms with Crippen LogP contribution in [0, 0.1) is 0 Å². The molecule has 2 heterocycles. The predicted octanol–water partition coefficient (Wildman–Crippen LogP) is 3.34. The largest absolute Gasteiger partial charge is 0.334 e. The molecular formula is C15H17ClN2O. The number of hydrogen-bond donors (Lipinski definition) is 1. The number of hydrogen-bond acceptors (Lipinski definition) is 1. The van der Waals surface area contributed by atoms with Crippen molar-refractivity contribution < 1.29 is 4.79 Å². The summed E-state index contributed by atoms with van der Waals surface area (Å²) in [5, 5.41) is 3.72. The molecule has 1 aromatic rings. The first-order chi connectivity index (χ1) is 9.24. The molecular weight excluding hydrogens is 260 g/mol. The Kier molecular flexibility index (Phi) is 3.47. The third kappa shape index (κ3) is 2.61. The predicted molar refractivity (Wildman–Crippen MR) is 76.1 cm³/mol. The van der Waals surface area contributed by atoms with Gasteiger partial charge in [-0.3, -0.25) is 0 Å². The molecule has 0 radical (unpaired) electrons. The molecule has 0 aromatic heterocycles. The van der Waals surface area contributed by atoms with E-state index in [4.69, 9.17) is 11.6 Å². The van der Waals surface area contributed by atoms with E-state index in [1.807, 2.05) is 29.2 Å². The number of fused-ring (bicyclic) bond motifs is 2. The Morgan fingerprint density at radius 3 is 2.84 bits per heavy atom. The van der Waals surface area contributed by atoms with Crippen LogP contribution in [-0.4, -0.2) is 23.0 Å². The van der Waals surface area contributed by atoms with Crippen molar-refractivity contribution in [2.75, 3.05) is 0 Å². The average molecular weight is 277 g/mol. The standard InChI is InChI=1S/C15H17ClN2O/c16-12-6-4-11(5-7-12)10-17-15(19)18-13-2-1-3-14(18)9-8-13/h1-2,4-7,13-14H,3,8-10H2,(H,17,19)/t13-,14-/m0/s1. The van der Waals surface area contributed by atoms with Gasteiger partial charge in [-0.2, -0.15) is 0 Å². The lowest BCUT2D eigenvalue weighted by molar-refractivity contribution is 0.178.